The van der Waals surface area contributed by atoms with Crippen LogP contribution in [0.3, 0.4) is 0 Å². The number of halogens is 2. The summed E-state index contributed by atoms with van der Waals surface area (Å²) < 4.78 is 0.842. The fraction of sp³-hybridized carbons (Fsp3) is 0.0526. The molecule has 1 aliphatic rings. The van der Waals surface area contributed by atoms with E-state index < -0.39 is 17.7 Å². The molecule has 3 amide bonds. The van der Waals surface area contributed by atoms with E-state index in [0.717, 1.165) is 11.8 Å². The van der Waals surface area contributed by atoms with Crippen LogP contribution in [-0.4, -0.2) is 33.5 Å². The highest BCUT2D eigenvalue weighted by molar-refractivity contribution is 9.10. The molecule has 1 saturated heterocycles. The molecule has 0 saturated carbocycles. The highest BCUT2D eigenvalue weighted by atomic mass is 79.9. The highest BCUT2D eigenvalue weighted by Gasteiger charge is 2.33. The van der Waals surface area contributed by atoms with Gasteiger partial charge in [0.1, 0.15) is 10.9 Å². The van der Waals surface area contributed by atoms with Gasteiger partial charge in [0.05, 0.1) is 10.5 Å². The largest absolute Gasteiger partial charge is 0.283 e. The Labute approximate surface area is 189 Å². The Bertz CT molecular complexity index is 1040. The molecule has 1 heterocycles. The molecule has 0 aromatic heterocycles. The average Bonchev–Trinajstić information content (AvgIpc) is 2.95. The molecule has 0 aliphatic carbocycles. The van der Waals surface area contributed by atoms with E-state index in [1.165, 1.54) is 4.90 Å². The van der Waals surface area contributed by atoms with Crippen LogP contribution in [0.5, 0.6) is 0 Å². The lowest BCUT2D eigenvalue weighted by Gasteiger charge is -2.14. The number of thioether (sulfide) groups is 1. The van der Waals surface area contributed by atoms with E-state index in [4.69, 9.17) is 23.8 Å². The number of hydrogen-bond donors (Lipinski definition) is 2. The molecule has 29 heavy (non-hydrogen) atoms. The first kappa shape index (κ1) is 21.5. The number of amides is 3. The maximum Gasteiger partial charge on any atom is 0.270 e. The van der Waals surface area contributed by atoms with E-state index in [2.05, 4.69) is 26.8 Å². The Balaban J connectivity index is 1.61. The third kappa shape index (κ3) is 5.24. The van der Waals surface area contributed by atoms with E-state index in [0.29, 0.717) is 25.5 Å². The maximum atomic E-state index is 12.6. The van der Waals surface area contributed by atoms with E-state index >= 15 is 0 Å². The Hall–Kier alpha value is -2.20. The number of carbonyl (C=O) groups excluding carboxylic acids is 3. The second kappa shape index (κ2) is 9.53. The third-order valence-electron chi connectivity index (χ3n) is 3.80. The molecule has 0 spiro atoms. The molecule has 0 radical (unpaired) electrons. The van der Waals surface area contributed by atoms with Crippen molar-refractivity contribution in [3.63, 3.8) is 0 Å². The summed E-state index contributed by atoms with van der Waals surface area (Å²) >= 11 is 15.7. The van der Waals surface area contributed by atoms with E-state index in [1.54, 1.807) is 54.6 Å². The van der Waals surface area contributed by atoms with Crippen molar-refractivity contribution < 1.29 is 14.4 Å². The first-order chi connectivity index (χ1) is 13.9. The minimum absolute atomic E-state index is 0.251. The van der Waals surface area contributed by atoms with Gasteiger partial charge in [-0.3, -0.25) is 30.1 Å². The van der Waals surface area contributed by atoms with Crippen molar-refractivity contribution in [2.45, 2.75) is 0 Å². The van der Waals surface area contributed by atoms with Crippen LogP contribution in [-0.2, 0) is 9.59 Å². The fourth-order valence-corrected chi connectivity index (χ4v) is 4.29. The molecule has 6 nitrogen and oxygen atoms in total. The van der Waals surface area contributed by atoms with E-state index in [-0.39, 0.29) is 10.9 Å². The Morgan fingerprint density at radius 3 is 2.55 bits per heavy atom. The van der Waals surface area contributed by atoms with Gasteiger partial charge in [-0.1, -0.05) is 65.9 Å². The first-order valence-electron chi connectivity index (χ1n) is 8.20. The summed E-state index contributed by atoms with van der Waals surface area (Å²) in [6.07, 6.45) is 1.63. The lowest BCUT2D eigenvalue weighted by molar-refractivity contribution is -0.129. The summed E-state index contributed by atoms with van der Waals surface area (Å²) in [6.45, 7) is -0.319. The van der Waals surface area contributed by atoms with Crippen molar-refractivity contribution >= 4 is 79.6 Å². The number of nitrogens with one attached hydrogen (secondary N) is 2. The molecular weight excluding hydrogens is 498 g/mol. The zero-order chi connectivity index (χ0) is 21.0. The van der Waals surface area contributed by atoms with Gasteiger partial charge in [0, 0.05) is 9.50 Å². The van der Waals surface area contributed by atoms with Crippen molar-refractivity contribution in [1.29, 1.82) is 0 Å². The summed E-state index contributed by atoms with van der Waals surface area (Å²) in [5, 5.41) is 0.505. The standard InChI is InChI=1S/C19H13BrClN3O3S2/c20-13-7-3-2-6-12(13)17(26)23-22-16(25)10-24-18(27)15(29-19(24)28)9-11-5-1-4-8-14(11)21/h1-9H,10H2,(H,22,25)(H,23,26). The highest BCUT2D eigenvalue weighted by Crippen LogP contribution is 2.33. The van der Waals surface area contributed by atoms with Crippen LogP contribution >= 0.6 is 51.5 Å². The van der Waals surface area contributed by atoms with Gasteiger partial charge in [-0.25, -0.2) is 0 Å². The molecule has 10 heteroatoms. The van der Waals surface area contributed by atoms with Crippen LogP contribution in [0.25, 0.3) is 6.08 Å². The number of nitrogens with zero attached hydrogens (tertiary/aromatic N) is 1. The summed E-state index contributed by atoms with van der Waals surface area (Å²) in [5.74, 6) is -1.47. The van der Waals surface area contributed by atoms with Crippen molar-refractivity contribution in [3.8, 4) is 0 Å². The monoisotopic (exact) mass is 509 g/mol. The van der Waals surface area contributed by atoms with Gasteiger partial charge in [-0.2, -0.15) is 0 Å². The van der Waals surface area contributed by atoms with Crippen molar-refractivity contribution in [2.75, 3.05) is 6.54 Å². The first-order valence-corrected chi connectivity index (χ1v) is 10.6. The van der Waals surface area contributed by atoms with Crippen molar-refractivity contribution in [2.24, 2.45) is 0 Å². The van der Waals surface area contributed by atoms with Crippen LogP contribution in [0.2, 0.25) is 5.02 Å². The zero-order valence-corrected chi connectivity index (χ0v) is 18.6. The number of hydrogen-bond acceptors (Lipinski definition) is 5. The molecule has 0 unspecified atom stereocenters. The van der Waals surface area contributed by atoms with Crippen LogP contribution < -0.4 is 10.9 Å². The minimum Gasteiger partial charge on any atom is -0.283 e. The van der Waals surface area contributed by atoms with Crippen LogP contribution in [0, 0.1) is 0 Å². The Morgan fingerprint density at radius 2 is 1.83 bits per heavy atom. The number of thiocarbonyl (C=S) groups is 1. The Kier molecular flexibility index (Phi) is 7.07. The lowest BCUT2D eigenvalue weighted by Crippen LogP contribution is -2.47. The van der Waals surface area contributed by atoms with Crippen LogP contribution in [0.1, 0.15) is 15.9 Å². The molecule has 1 fully saturated rings. The van der Waals surface area contributed by atoms with Crippen molar-refractivity contribution in [1.82, 2.24) is 15.8 Å². The number of benzene rings is 2. The topological polar surface area (TPSA) is 78.5 Å². The zero-order valence-electron chi connectivity index (χ0n) is 14.6. The molecule has 2 aromatic carbocycles. The minimum atomic E-state index is -0.583. The molecule has 3 rings (SSSR count). The van der Waals surface area contributed by atoms with Crippen molar-refractivity contribution in [3.05, 3.63) is 74.1 Å². The summed E-state index contributed by atoms with van der Waals surface area (Å²) in [6, 6.07) is 13.9. The molecule has 1 aliphatic heterocycles. The lowest BCUT2D eigenvalue weighted by atomic mass is 10.2. The quantitative estimate of drug-likeness (QED) is 0.372. The van der Waals surface area contributed by atoms with Gasteiger partial charge in [0.15, 0.2) is 0 Å². The van der Waals surface area contributed by atoms with Gasteiger partial charge >= 0.3 is 0 Å². The van der Waals surface area contributed by atoms with Gasteiger partial charge in [-0.05, 0) is 45.8 Å². The second-order valence-corrected chi connectivity index (χ2v) is 8.71. The van der Waals surface area contributed by atoms with E-state index in [1.807, 2.05) is 0 Å². The average molecular weight is 511 g/mol. The normalized spacial score (nSPS) is 15.0. The summed E-state index contributed by atoms with van der Waals surface area (Å²) in [4.78, 5) is 38.5. The van der Waals surface area contributed by atoms with Gasteiger partial charge < -0.3 is 0 Å². The summed E-state index contributed by atoms with van der Waals surface area (Å²) in [7, 11) is 0. The predicted molar refractivity (Wildman–Crippen MR) is 121 cm³/mol. The molecule has 148 valence electrons. The number of rotatable bonds is 4. The van der Waals surface area contributed by atoms with Gasteiger partial charge in [0.25, 0.3) is 17.7 Å². The molecule has 0 atom stereocenters. The maximum absolute atomic E-state index is 12.6. The van der Waals surface area contributed by atoms with Crippen LogP contribution in [0.4, 0.5) is 0 Å². The second-order valence-electron chi connectivity index (χ2n) is 5.77. The molecule has 2 aromatic rings. The predicted octanol–water partition coefficient (Wildman–Crippen LogP) is 3.76. The van der Waals surface area contributed by atoms with E-state index in [9.17, 15) is 14.4 Å². The summed E-state index contributed by atoms with van der Waals surface area (Å²) in [5.41, 5.74) is 5.64. The number of carbonyl (C=O) groups is 3. The molecular formula is C19H13BrClN3O3S2. The van der Waals surface area contributed by atoms with Gasteiger partial charge in [-0.15, -0.1) is 0 Å². The molecule has 2 N–H and O–H groups in total. The third-order valence-corrected chi connectivity index (χ3v) is 6.21. The smallest absolute Gasteiger partial charge is 0.270 e. The SMILES string of the molecule is O=C(CN1C(=O)C(=Cc2ccccc2Cl)SC1=S)NNC(=O)c1ccccc1Br. The molecule has 0 bridgehead atoms. The van der Waals surface area contributed by atoms with Gasteiger partial charge in [0.2, 0.25) is 0 Å². The van der Waals surface area contributed by atoms with Crippen LogP contribution in [0.15, 0.2) is 57.9 Å². The Morgan fingerprint density at radius 1 is 1.14 bits per heavy atom. The fourth-order valence-electron chi connectivity index (χ4n) is 2.39. The number of hydrazine groups is 1.